The molecule has 1 radical (unpaired) electrons. The van der Waals surface area contributed by atoms with Crippen molar-refractivity contribution in [3.63, 3.8) is 0 Å². The van der Waals surface area contributed by atoms with Gasteiger partial charge in [0.25, 0.3) is 0 Å². The van der Waals surface area contributed by atoms with Crippen molar-refractivity contribution in [2.45, 2.75) is 0 Å². The van der Waals surface area contributed by atoms with Gasteiger partial charge in [0.15, 0.2) is 0 Å². The Bertz CT molecular complexity index is 883. The van der Waals surface area contributed by atoms with Crippen LogP contribution in [0, 0.1) is 6.07 Å². The maximum absolute atomic E-state index is 3.51. The quantitative estimate of drug-likeness (QED) is 0.363. The molecule has 4 aromatic carbocycles. The van der Waals surface area contributed by atoms with Gasteiger partial charge in [0.05, 0.1) is 0 Å². The first kappa shape index (κ1) is 12.6. The summed E-state index contributed by atoms with van der Waals surface area (Å²) in [5.74, 6) is 0. The molecule has 0 heterocycles. The highest BCUT2D eigenvalue weighted by Crippen LogP contribution is 2.36. The second-order valence-electron chi connectivity index (χ2n) is 5.11. The van der Waals surface area contributed by atoms with Crippen molar-refractivity contribution in [1.82, 2.24) is 0 Å². The molecule has 0 aliphatic rings. The second kappa shape index (κ2) is 5.01. The molecule has 0 fully saturated rings. The predicted octanol–water partition coefficient (Wildman–Crippen LogP) is 6.22. The predicted molar refractivity (Wildman–Crippen MR) is 93.4 cm³/mol. The number of fused-ring (bicyclic) bond motifs is 2. The molecule has 0 atom stereocenters. The van der Waals surface area contributed by atoms with Gasteiger partial charge in [0.1, 0.15) is 0 Å². The van der Waals surface area contributed by atoms with Crippen LogP contribution >= 0.6 is 15.9 Å². The van der Waals surface area contributed by atoms with E-state index in [0.717, 1.165) is 4.47 Å². The van der Waals surface area contributed by atoms with Crippen molar-refractivity contribution in [2.24, 2.45) is 0 Å². The first-order chi connectivity index (χ1) is 10.3. The lowest BCUT2D eigenvalue weighted by molar-refractivity contribution is 1.63. The zero-order valence-electron chi connectivity index (χ0n) is 11.3. The van der Waals surface area contributed by atoms with E-state index < -0.39 is 0 Å². The Morgan fingerprint density at radius 3 is 2.38 bits per heavy atom. The van der Waals surface area contributed by atoms with Gasteiger partial charge in [-0.05, 0) is 56.9 Å². The smallest absolute Gasteiger partial charge is 0.0175 e. The molecule has 0 spiro atoms. The van der Waals surface area contributed by atoms with Crippen molar-refractivity contribution in [3.8, 4) is 11.1 Å². The summed E-state index contributed by atoms with van der Waals surface area (Å²) in [6, 6.07) is 28.9. The number of benzene rings is 4. The molecule has 99 valence electrons. The molecule has 1 heteroatoms. The fourth-order valence-corrected chi connectivity index (χ4v) is 3.12. The van der Waals surface area contributed by atoms with Gasteiger partial charge in [0.2, 0.25) is 0 Å². The number of hydrogen-bond donors (Lipinski definition) is 0. The average Bonchev–Trinajstić information content (AvgIpc) is 2.53. The first-order valence-corrected chi connectivity index (χ1v) is 7.70. The van der Waals surface area contributed by atoms with Gasteiger partial charge < -0.3 is 0 Å². The SMILES string of the molecule is Brc1ccc(-c2c3[c]cccc3cc3ccccc23)cc1. The molecule has 0 unspecified atom stereocenters. The highest BCUT2D eigenvalue weighted by Gasteiger charge is 2.09. The highest BCUT2D eigenvalue weighted by atomic mass is 79.9. The van der Waals surface area contributed by atoms with Crippen LogP contribution in [0.4, 0.5) is 0 Å². The van der Waals surface area contributed by atoms with E-state index in [2.05, 4.69) is 82.7 Å². The van der Waals surface area contributed by atoms with E-state index in [4.69, 9.17) is 0 Å². The molecule has 21 heavy (non-hydrogen) atoms. The molecule has 0 aliphatic carbocycles. The minimum atomic E-state index is 1.10. The molecule has 0 saturated heterocycles. The summed E-state index contributed by atoms with van der Waals surface area (Å²) < 4.78 is 1.10. The van der Waals surface area contributed by atoms with Gasteiger partial charge in [-0.15, -0.1) is 0 Å². The van der Waals surface area contributed by atoms with Gasteiger partial charge in [-0.1, -0.05) is 70.5 Å². The summed E-state index contributed by atoms with van der Waals surface area (Å²) in [5.41, 5.74) is 2.48. The largest absolute Gasteiger partial charge is 0.0616 e. The third-order valence-corrected chi connectivity index (χ3v) is 4.34. The Morgan fingerprint density at radius 1 is 0.762 bits per heavy atom. The summed E-state index contributed by atoms with van der Waals surface area (Å²) in [7, 11) is 0. The van der Waals surface area contributed by atoms with Crippen LogP contribution in [-0.4, -0.2) is 0 Å². The lowest BCUT2D eigenvalue weighted by Gasteiger charge is -2.11. The Labute approximate surface area is 132 Å². The molecule has 0 saturated carbocycles. The topological polar surface area (TPSA) is 0 Å². The number of hydrogen-bond acceptors (Lipinski definition) is 0. The van der Waals surface area contributed by atoms with Crippen LogP contribution in [0.25, 0.3) is 32.7 Å². The summed E-state index contributed by atoms with van der Waals surface area (Å²) in [4.78, 5) is 0. The molecule has 0 aliphatic heterocycles. The summed E-state index contributed by atoms with van der Waals surface area (Å²) in [6.07, 6.45) is 0. The summed E-state index contributed by atoms with van der Waals surface area (Å²) in [5, 5.41) is 4.95. The second-order valence-corrected chi connectivity index (χ2v) is 6.03. The van der Waals surface area contributed by atoms with E-state index in [-0.39, 0.29) is 0 Å². The van der Waals surface area contributed by atoms with Crippen LogP contribution in [-0.2, 0) is 0 Å². The van der Waals surface area contributed by atoms with Crippen molar-refractivity contribution >= 4 is 37.5 Å². The normalized spacial score (nSPS) is 11.1. The number of halogens is 1. The summed E-state index contributed by atoms with van der Waals surface area (Å²) >= 11 is 3.51. The molecule has 4 aromatic rings. The maximum atomic E-state index is 3.51. The van der Waals surface area contributed by atoms with E-state index >= 15 is 0 Å². The Kier molecular flexibility index (Phi) is 3.01. The van der Waals surface area contributed by atoms with E-state index in [9.17, 15) is 0 Å². The maximum Gasteiger partial charge on any atom is 0.0175 e. The molecule has 0 N–H and O–H groups in total. The molecular formula is C20H12Br. The Morgan fingerprint density at radius 2 is 1.52 bits per heavy atom. The monoisotopic (exact) mass is 331 g/mol. The summed E-state index contributed by atoms with van der Waals surface area (Å²) in [6.45, 7) is 0. The fraction of sp³-hybridized carbons (Fsp3) is 0. The van der Waals surface area contributed by atoms with E-state index in [0.29, 0.717) is 0 Å². The van der Waals surface area contributed by atoms with Crippen LogP contribution in [0.5, 0.6) is 0 Å². The van der Waals surface area contributed by atoms with Crippen LogP contribution in [0.3, 0.4) is 0 Å². The van der Waals surface area contributed by atoms with Gasteiger partial charge >= 0.3 is 0 Å². The molecular weight excluding hydrogens is 320 g/mol. The van der Waals surface area contributed by atoms with Gasteiger partial charge in [0, 0.05) is 4.47 Å². The lowest BCUT2D eigenvalue weighted by Crippen LogP contribution is -1.85. The molecule has 4 rings (SSSR count). The Balaban J connectivity index is 2.18. The van der Waals surface area contributed by atoms with Crippen LogP contribution in [0.1, 0.15) is 0 Å². The third kappa shape index (κ3) is 2.14. The van der Waals surface area contributed by atoms with E-state index in [1.165, 1.54) is 32.7 Å². The van der Waals surface area contributed by atoms with Crippen molar-refractivity contribution in [3.05, 3.63) is 83.3 Å². The zero-order valence-corrected chi connectivity index (χ0v) is 12.9. The third-order valence-electron chi connectivity index (χ3n) is 3.81. The van der Waals surface area contributed by atoms with E-state index in [1.807, 2.05) is 12.1 Å². The van der Waals surface area contributed by atoms with Crippen LogP contribution in [0.15, 0.2) is 77.3 Å². The Hall–Kier alpha value is -2.12. The lowest BCUT2D eigenvalue weighted by atomic mass is 9.92. The molecule has 0 nitrogen and oxygen atoms in total. The zero-order chi connectivity index (χ0) is 14.2. The van der Waals surface area contributed by atoms with Gasteiger partial charge in [-0.25, -0.2) is 0 Å². The minimum absolute atomic E-state index is 1.10. The van der Waals surface area contributed by atoms with Crippen LogP contribution in [0.2, 0.25) is 0 Å². The molecule has 0 amide bonds. The first-order valence-electron chi connectivity index (χ1n) is 6.91. The minimum Gasteiger partial charge on any atom is -0.0616 e. The highest BCUT2D eigenvalue weighted by molar-refractivity contribution is 9.10. The molecule has 0 bridgehead atoms. The standard InChI is InChI=1S/C20H12Br/c21-17-11-9-14(10-12-17)20-18-7-3-1-5-15(18)13-16-6-2-4-8-19(16)20/h1-7,9-13H. The van der Waals surface area contributed by atoms with Crippen molar-refractivity contribution in [2.75, 3.05) is 0 Å². The molecule has 0 aromatic heterocycles. The van der Waals surface area contributed by atoms with E-state index in [1.54, 1.807) is 0 Å². The van der Waals surface area contributed by atoms with Gasteiger partial charge in [-0.2, -0.15) is 0 Å². The fourth-order valence-electron chi connectivity index (χ4n) is 2.86. The van der Waals surface area contributed by atoms with Crippen molar-refractivity contribution in [1.29, 1.82) is 0 Å². The van der Waals surface area contributed by atoms with Gasteiger partial charge in [-0.3, -0.25) is 0 Å². The number of rotatable bonds is 1. The average molecular weight is 332 g/mol. The van der Waals surface area contributed by atoms with Crippen LogP contribution < -0.4 is 0 Å². The van der Waals surface area contributed by atoms with Crippen molar-refractivity contribution < 1.29 is 0 Å².